The van der Waals surface area contributed by atoms with E-state index in [1.807, 2.05) is 42.6 Å². The molecule has 0 saturated heterocycles. The molecule has 1 aliphatic rings. The molecule has 0 N–H and O–H groups in total. The monoisotopic (exact) mass is 624 g/mol. The van der Waals surface area contributed by atoms with E-state index in [2.05, 4.69) is 22.6 Å². The predicted octanol–water partition coefficient (Wildman–Crippen LogP) is 4.26. The number of esters is 1. The highest BCUT2D eigenvalue weighted by Gasteiger charge is 2.34. The Labute approximate surface area is 224 Å². The number of hydrogen-bond donors (Lipinski definition) is 0. The molecule has 0 aliphatic carbocycles. The second-order valence-corrected chi connectivity index (χ2v) is 10.8. The molecule has 184 valence electrons. The van der Waals surface area contributed by atoms with Crippen LogP contribution in [0.5, 0.6) is 11.5 Å². The van der Waals surface area contributed by atoms with Gasteiger partial charge in [-0.05, 0) is 71.2 Å². The molecule has 4 rings (SSSR count). The van der Waals surface area contributed by atoms with Crippen molar-refractivity contribution in [3.63, 3.8) is 0 Å². The van der Waals surface area contributed by atoms with E-state index in [0.717, 1.165) is 20.4 Å². The van der Waals surface area contributed by atoms with Crippen molar-refractivity contribution in [1.82, 2.24) is 4.57 Å². The van der Waals surface area contributed by atoms with Crippen molar-refractivity contribution in [2.24, 2.45) is 4.99 Å². The molecule has 1 atom stereocenters. The number of carbonyl (C=O) groups excluding carboxylic acids is 1. The molecule has 3 heterocycles. The third-order valence-electron chi connectivity index (χ3n) is 5.46. The fourth-order valence-corrected chi connectivity index (χ4v) is 6.70. The Bertz CT molecular complexity index is 1450. The van der Waals surface area contributed by atoms with Crippen LogP contribution in [0.25, 0.3) is 6.08 Å². The zero-order valence-electron chi connectivity index (χ0n) is 19.8. The van der Waals surface area contributed by atoms with Crippen molar-refractivity contribution in [2.45, 2.75) is 32.7 Å². The standard InChI is InChI=1S/C25H25IN2O5S2/c1-5-8-16-20(24(30)33-6-2)21(18-9-7-10-34-18)28-23(29)19(35-25(28)27-16)13-14-11-15(26)22(32-4)17(12-14)31-3/h7,9-13,21H,5-6,8H2,1-4H3/b19-13-/t21-/m1/s1. The van der Waals surface area contributed by atoms with E-state index in [0.29, 0.717) is 38.5 Å². The number of nitrogens with zero attached hydrogens (tertiary/aromatic N) is 2. The Kier molecular flexibility index (Phi) is 8.12. The molecule has 0 unspecified atom stereocenters. The maximum absolute atomic E-state index is 13.7. The number of ether oxygens (including phenoxy) is 3. The normalized spacial score (nSPS) is 15.6. The maximum Gasteiger partial charge on any atom is 0.338 e. The summed E-state index contributed by atoms with van der Waals surface area (Å²) in [5.74, 6) is 0.805. The number of allylic oxidation sites excluding steroid dienone is 1. The number of methoxy groups -OCH3 is 2. The van der Waals surface area contributed by atoms with E-state index in [1.54, 1.807) is 25.7 Å². The molecule has 10 heteroatoms. The van der Waals surface area contributed by atoms with Crippen LogP contribution in [0.2, 0.25) is 0 Å². The average Bonchev–Trinajstić information content (AvgIpc) is 3.47. The maximum atomic E-state index is 13.7. The molecule has 0 saturated carbocycles. The highest BCUT2D eigenvalue weighted by molar-refractivity contribution is 14.1. The Morgan fingerprint density at radius 2 is 2.06 bits per heavy atom. The molecule has 1 aliphatic heterocycles. The third-order valence-corrected chi connectivity index (χ3v) is 8.17. The number of halogens is 1. The summed E-state index contributed by atoms with van der Waals surface area (Å²) >= 11 is 5.00. The van der Waals surface area contributed by atoms with E-state index >= 15 is 0 Å². The van der Waals surface area contributed by atoms with Crippen LogP contribution in [-0.2, 0) is 9.53 Å². The van der Waals surface area contributed by atoms with Gasteiger partial charge in [-0.2, -0.15) is 0 Å². The number of thiazole rings is 1. The summed E-state index contributed by atoms with van der Waals surface area (Å²) in [4.78, 5) is 33.1. The number of aromatic nitrogens is 1. The number of fused-ring (bicyclic) bond motifs is 1. The quantitative estimate of drug-likeness (QED) is 0.277. The Morgan fingerprint density at radius 3 is 2.69 bits per heavy atom. The lowest BCUT2D eigenvalue weighted by Gasteiger charge is -2.24. The SMILES string of the molecule is CCCC1=C(C(=O)OCC)[C@@H](c2cccs2)n2c(s/c(=C\c3cc(I)c(OC)c(OC)c3)c2=O)=N1. The number of thiophene rings is 1. The summed E-state index contributed by atoms with van der Waals surface area (Å²) in [5, 5.41) is 1.94. The molecular weight excluding hydrogens is 599 g/mol. The van der Waals surface area contributed by atoms with Crippen molar-refractivity contribution >= 4 is 57.3 Å². The van der Waals surface area contributed by atoms with Crippen molar-refractivity contribution in [3.05, 3.63) is 74.6 Å². The number of benzene rings is 1. The lowest BCUT2D eigenvalue weighted by atomic mass is 9.99. The molecule has 2 aromatic heterocycles. The smallest absolute Gasteiger partial charge is 0.338 e. The lowest BCUT2D eigenvalue weighted by Crippen LogP contribution is -2.39. The molecule has 1 aromatic carbocycles. The van der Waals surface area contributed by atoms with Crippen LogP contribution < -0.4 is 24.4 Å². The van der Waals surface area contributed by atoms with Crippen molar-refractivity contribution < 1.29 is 19.0 Å². The highest BCUT2D eigenvalue weighted by Crippen LogP contribution is 2.35. The Hall–Kier alpha value is -2.44. The lowest BCUT2D eigenvalue weighted by molar-refractivity contribution is -0.139. The molecular formula is C25H25IN2O5S2. The molecule has 0 bridgehead atoms. The van der Waals surface area contributed by atoms with Crippen molar-refractivity contribution in [1.29, 1.82) is 0 Å². The first-order chi connectivity index (χ1) is 16.9. The minimum atomic E-state index is -0.570. The number of rotatable bonds is 8. The van der Waals surface area contributed by atoms with Gasteiger partial charge in [0.1, 0.15) is 6.04 Å². The van der Waals surface area contributed by atoms with Gasteiger partial charge in [-0.3, -0.25) is 9.36 Å². The van der Waals surface area contributed by atoms with E-state index < -0.39 is 12.0 Å². The van der Waals surface area contributed by atoms with Crippen LogP contribution in [0.3, 0.4) is 0 Å². The van der Waals surface area contributed by atoms with Gasteiger partial charge in [0, 0.05) is 4.88 Å². The largest absolute Gasteiger partial charge is 0.493 e. The highest BCUT2D eigenvalue weighted by atomic mass is 127. The summed E-state index contributed by atoms with van der Waals surface area (Å²) in [6.45, 7) is 4.07. The van der Waals surface area contributed by atoms with Crippen molar-refractivity contribution in [2.75, 3.05) is 20.8 Å². The van der Waals surface area contributed by atoms with Crippen molar-refractivity contribution in [3.8, 4) is 11.5 Å². The first-order valence-electron chi connectivity index (χ1n) is 11.1. The van der Waals surface area contributed by atoms with Gasteiger partial charge in [-0.15, -0.1) is 11.3 Å². The topological polar surface area (TPSA) is 79.1 Å². The third kappa shape index (κ3) is 4.96. The summed E-state index contributed by atoms with van der Waals surface area (Å²) < 4.78 is 19.3. The van der Waals surface area contributed by atoms with E-state index in [4.69, 9.17) is 19.2 Å². The summed E-state index contributed by atoms with van der Waals surface area (Å²) in [6, 6.07) is 7.06. The van der Waals surface area contributed by atoms with Crippen LogP contribution in [-0.4, -0.2) is 31.4 Å². The first-order valence-corrected chi connectivity index (χ1v) is 13.9. The Balaban J connectivity index is 1.95. The zero-order chi connectivity index (χ0) is 25.1. The zero-order valence-corrected chi connectivity index (χ0v) is 23.6. The van der Waals surface area contributed by atoms with Crippen LogP contribution in [0.15, 0.2) is 50.7 Å². The second-order valence-electron chi connectivity index (χ2n) is 7.67. The van der Waals surface area contributed by atoms with Gasteiger partial charge >= 0.3 is 5.97 Å². The molecule has 0 fully saturated rings. The summed E-state index contributed by atoms with van der Waals surface area (Å²) in [6.07, 6.45) is 3.26. The van der Waals surface area contributed by atoms with Gasteiger partial charge in [-0.1, -0.05) is 30.7 Å². The van der Waals surface area contributed by atoms with Crippen LogP contribution >= 0.6 is 45.3 Å². The molecule has 3 aromatic rings. The van der Waals surface area contributed by atoms with Gasteiger partial charge < -0.3 is 14.2 Å². The minimum absolute atomic E-state index is 0.200. The molecule has 0 amide bonds. The van der Waals surface area contributed by atoms with Gasteiger partial charge in [0.15, 0.2) is 16.3 Å². The van der Waals surface area contributed by atoms with Crippen LogP contribution in [0.4, 0.5) is 0 Å². The molecule has 0 radical (unpaired) electrons. The second kappa shape index (κ2) is 11.1. The Morgan fingerprint density at radius 1 is 1.26 bits per heavy atom. The average molecular weight is 625 g/mol. The summed E-state index contributed by atoms with van der Waals surface area (Å²) in [5.41, 5.74) is 1.73. The van der Waals surface area contributed by atoms with Gasteiger partial charge in [0.2, 0.25) is 0 Å². The molecule has 7 nitrogen and oxygen atoms in total. The number of hydrogen-bond acceptors (Lipinski definition) is 8. The fraction of sp³-hybridized carbons (Fsp3) is 0.320. The van der Waals surface area contributed by atoms with E-state index in [-0.39, 0.29) is 12.2 Å². The first kappa shape index (κ1) is 25.6. The minimum Gasteiger partial charge on any atom is -0.493 e. The number of carbonyl (C=O) groups is 1. The van der Waals surface area contributed by atoms with E-state index in [9.17, 15) is 9.59 Å². The van der Waals surface area contributed by atoms with Gasteiger partial charge in [-0.25, -0.2) is 9.79 Å². The fourth-order valence-electron chi connectivity index (χ4n) is 4.01. The van der Waals surface area contributed by atoms with Crippen LogP contribution in [0, 0.1) is 3.57 Å². The predicted molar refractivity (Wildman–Crippen MR) is 146 cm³/mol. The molecule has 35 heavy (non-hydrogen) atoms. The van der Waals surface area contributed by atoms with Gasteiger partial charge in [0.05, 0.1) is 40.2 Å². The van der Waals surface area contributed by atoms with E-state index in [1.165, 1.54) is 22.7 Å². The van der Waals surface area contributed by atoms with Gasteiger partial charge in [0.25, 0.3) is 5.56 Å². The molecule has 0 spiro atoms. The summed E-state index contributed by atoms with van der Waals surface area (Å²) in [7, 11) is 3.18. The van der Waals surface area contributed by atoms with Crippen LogP contribution in [0.1, 0.15) is 43.2 Å².